The van der Waals surface area contributed by atoms with Gasteiger partial charge in [0.25, 0.3) is 5.91 Å². The number of carbonyl (C=O) groups excluding carboxylic acids is 1. The number of ether oxygens (including phenoxy) is 1. The second-order valence-electron chi connectivity index (χ2n) is 6.18. The first-order chi connectivity index (χ1) is 11.7. The van der Waals surface area contributed by atoms with Gasteiger partial charge in [-0.15, -0.1) is 0 Å². The van der Waals surface area contributed by atoms with Crippen LogP contribution in [-0.4, -0.2) is 45.7 Å². The van der Waals surface area contributed by atoms with Crippen LogP contribution in [0.3, 0.4) is 0 Å². The molecular weight excluding hydrogens is 304 g/mol. The van der Waals surface area contributed by atoms with Gasteiger partial charge in [0.15, 0.2) is 0 Å². The van der Waals surface area contributed by atoms with E-state index in [0.29, 0.717) is 25.3 Å². The molecule has 4 rings (SSSR count). The van der Waals surface area contributed by atoms with Crippen LogP contribution < -0.4 is 0 Å². The summed E-state index contributed by atoms with van der Waals surface area (Å²) in [7, 11) is 0. The molecule has 3 aromatic rings. The van der Waals surface area contributed by atoms with Crippen LogP contribution in [-0.2, 0) is 4.74 Å². The van der Waals surface area contributed by atoms with Crippen molar-refractivity contribution in [3.05, 3.63) is 53.0 Å². The van der Waals surface area contributed by atoms with Crippen molar-refractivity contribution in [1.82, 2.24) is 20.1 Å². The van der Waals surface area contributed by atoms with Crippen LogP contribution in [0.15, 0.2) is 30.5 Å². The van der Waals surface area contributed by atoms with Crippen molar-refractivity contribution in [3.8, 4) is 0 Å². The van der Waals surface area contributed by atoms with Crippen molar-refractivity contribution in [1.29, 1.82) is 0 Å². The predicted molar refractivity (Wildman–Crippen MR) is 91.0 cm³/mol. The fraction of sp³-hybridized carbons (Fsp3) is 0.333. The Hall–Kier alpha value is -2.60. The van der Waals surface area contributed by atoms with Gasteiger partial charge in [0.05, 0.1) is 36.0 Å². The Morgan fingerprint density at radius 2 is 2.21 bits per heavy atom. The average Bonchev–Trinajstić information content (AvgIpc) is 3.20. The Morgan fingerprint density at radius 1 is 1.33 bits per heavy atom. The van der Waals surface area contributed by atoms with Crippen LogP contribution >= 0.6 is 0 Å². The molecule has 1 aromatic carbocycles. The molecule has 0 radical (unpaired) electrons. The number of carbonyl (C=O) groups is 1. The zero-order valence-electron chi connectivity index (χ0n) is 13.8. The number of rotatable bonds is 2. The molecule has 0 bridgehead atoms. The molecule has 6 nitrogen and oxygen atoms in total. The Bertz CT molecular complexity index is 876. The molecule has 1 unspecified atom stereocenters. The van der Waals surface area contributed by atoms with Crippen LogP contribution in [0.2, 0.25) is 0 Å². The monoisotopic (exact) mass is 324 g/mol. The normalized spacial score (nSPS) is 18.2. The highest BCUT2D eigenvalue weighted by Crippen LogP contribution is 2.30. The van der Waals surface area contributed by atoms with E-state index in [1.54, 1.807) is 0 Å². The molecule has 0 aliphatic carbocycles. The van der Waals surface area contributed by atoms with Crippen molar-refractivity contribution < 1.29 is 9.53 Å². The van der Waals surface area contributed by atoms with E-state index >= 15 is 0 Å². The molecule has 0 saturated carbocycles. The second kappa shape index (κ2) is 5.79. The van der Waals surface area contributed by atoms with E-state index in [4.69, 9.17) is 4.74 Å². The fourth-order valence-corrected chi connectivity index (χ4v) is 3.55. The number of aromatic nitrogens is 3. The largest absolute Gasteiger partial charge is 0.377 e. The minimum Gasteiger partial charge on any atom is -0.377 e. The van der Waals surface area contributed by atoms with Gasteiger partial charge < -0.3 is 14.6 Å². The summed E-state index contributed by atoms with van der Waals surface area (Å²) in [5.41, 5.74) is 4.54. The number of morpholine rings is 1. The number of aromatic amines is 2. The smallest absolute Gasteiger partial charge is 0.256 e. The lowest BCUT2D eigenvalue weighted by Crippen LogP contribution is -2.43. The van der Waals surface area contributed by atoms with Crippen LogP contribution in [0.1, 0.15) is 33.4 Å². The van der Waals surface area contributed by atoms with Crippen molar-refractivity contribution in [2.45, 2.75) is 19.9 Å². The lowest BCUT2D eigenvalue weighted by atomic mass is 10.0. The summed E-state index contributed by atoms with van der Waals surface area (Å²) >= 11 is 0. The van der Waals surface area contributed by atoms with Crippen LogP contribution in [0.5, 0.6) is 0 Å². The standard InChI is InChI=1S/C18H20N4O2/c1-11-16(12(2)21-20-11)15-10-24-9-8-22(15)18(23)14-5-3-4-13-6-7-19-17(13)14/h3-7,15,19H,8-10H2,1-2H3,(H,20,21). The predicted octanol–water partition coefficient (Wildman–Crippen LogP) is 2.72. The van der Waals surface area contributed by atoms with Crippen molar-refractivity contribution in [2.24, 2.45) is 0 Å². The lowest BCUT2D eigenvalue weighted by Gasteiger charge is -2.36. The molecule has 1 aliphatic rings. The van der Waals surface area contributed by atoms with E-state index in [1.807, 2.05) is 49.2 Å². The minimum atomic E-state index is -0.116. The molecule has 2 N–H and O–H groups in total. The first-order valence-electron chi connectivity index (χ1n) is 8.13. The van der Waals surface area contributed by atoms with Crippen LogP contribution in [0, 0.1) is 13.8 Å². The van der Waals surface area contributed by atoms with Crippen LogP contribution in [0.4, 0.5) is 0 Å². The van der Waals surface area contributed by atoms with Gasteiger partial charge >= 0.3 is 0 Å². The van der Waals surface area contributed by atoms with Gasteiger partial charge in [0.1, 0.15) is 0 Å². The number of nitrogens with zero attached hydrogens (tertiary/aromatic N) is 2. The molecule has 6 heteroatoms. The Kier molecular flexibility index (Phi) is 3.61. The van der Waals surface area contributed by atoms with Gasteiger partial charge in [-0.25, -0.2) is 0 Å². The van der Waals surface area contributed by atoms with E-state index < -0.39 is 0 Å². The topological polar surface area (TPSA) is 74.0 Å². The fourth-order valence-electron chi connectivity index (χ4n) is 3.55. The number of hydrogen-bond acceptors (Lipinski definition) is 3. The number of amides is 1. The summed E-state index contributed by atoms with van der Waals surface area (Å²) in [5, 5.41) is 8.33. The molecule has 1 saturated heterocycles. The maximum absolute atomic E-state index is 13.3. The second-order valence-corrected chi connectivity index (χ2v) is 6.18. The summed E-state index contributed by atoms with van der Waals surface area (Å²) in [4.78, 5) is 18.3. The van der Waals surface area contributed by atoms with E-state index in [0.717, 1.165) is 27.9 Å². The highest BCUT2D eigenvalue weighted by Gasteiger charge is 2.33. The van der Waals surface area contributed by atoms with Crippen molar-refractivity contribution in [3.63, 3.8) is 0 Å². The summed E-state index contributed by atoms with van der Waals surface area (Å²) < 4.78 is 5.66. The third-order valence-corrected chi connectivity index (χ3v) is 4.73. The third kappa shape index (κ3) is 2.30. The van der Waals surface area contributed by atoms with Gasteiger partial charge in [-0.05, 0) is 26.0 Å². The minimum absolute atomic E-state index is 0.0244. The van der Waals surface area contributed by atoms with E-state index in [-0.39, 0.29) is 11.9 Å². The Balaban J connectivity index is 1.75. The molecule has 24 heavy (non-hydrogen) atoms. The van der Waals surface area contributed by atoms with Gasteiger partial charge in [-0.2, -0.15) is 5.10 Å². The van der Waals surface area contributed by atoms with E-state index in [2.05, 4.69) is 15.2 Å². The molecule has 3 heterocycles. The zero-order chi connectivity index (χ0) is 16.7. The molecule has 2 aromatic heterocycles. The van der Waals surface area contributed by atoms with Crippen molar-refractivity contribution >= 4 is 16.8 Å². The van der Waals surface area contributed by atoms with Gasteiger partial charge in [-0.3, -0.25) is 9.89 Å². The van der Waals surface area contributed by atoms with Crippen molar-refractivity contribution in [2.75, 3.05) is 19.8 Å². The van der Waals surface area contributed by atoms with Gasteiger partial charge in [0.2, 0.25) is 0 Å². The SMILES string of the molecule is Cc1n[nH]c(C)c1C1COCCN1C(=O)c1cccc2cc[nH]c12. The number of H-pyrrole nitrogens is 2. The molecule has 1 amide bonds. The highest BCUT2D eigenvalue weighted by atomic mass is 16.5. The van der Waals surface area contributed by atoms with E-state index in [1.165, 1.54) is 0 Å². The zero-order valence-corrected chi connectivity index (χ0v) is 13.8. The van der Waals surface area contributed by atoms with E-state index in [9.17, 15) is 4.79 Å². The summed E-state index contributed by atoms with van der Waals surface area (Å²) in [6.07, 6.45) is 1.86. The number of aryl methyl sites for hydroxylation is 2. The number of nitrogens with one attached hydrogen (secondary N) is 2. The Labute approximate surface area is 139 Å². The van der Waals surface area contributed by atoms with Gasteiger partial charge in [0, 0.05) is 29.4 Å². The quantitative estimate of drug-likeness (QED) is 0.761. The number of benzene rings is 1. The first kappa shape index (κ1) is 15.0. The molecule has 0 spiro atoms. The summed E-state index contributed by atoms with van der Waals surface area (Å²) in [6, 6.07) is 7.67. The van der Waals surface area contributed by atoms with Gasteiger partial charge in [-0.1, -0.05) is 12.1 Å². The average molecular weight is 324 g/mol. The maximum atomic E-state index is 13.3. The summed E-state index contributed by atoms with van der Waals surface area (Å²) in [5.74, 6) is 0.0244. The highest BCUT2D eigenvalue weighted by molar-refractivity contribution is 6.05. The molecule has 1 aliphatic heterocycles. The maximum Gasteiger partial charge on any atom is 0.256 e. The Morgan fingerprint density at radius 3 is 3.00 bits per heavy atom. The number of hydrogen-bond donors (Lipinski definition) is 2. The third-order valence-electron chi connectivity index (χ3n) is 4.73. The summed E-state index contributed by atoms with van der Waals surface area (Å²) in [6.45, 7) is 5.57. The molecule has 124 valence electrons. The number of fused-ring (bicyclic) bond motifs is 1. The number of para-hydroxylation sites is 1. The molecule has 1 atom stereocenters. The molecule has 1 fully saturated rings. The first-order valence-corrected chi connectivity index (χ1v) is 8.13. The van der Waals surface area contributed by atoms with Crippen LogP contribution in [0.25, 0.3) is 10.9 Å². The molecular formula is C18H20N4O2. The lowest BCUT2D eigenvalue weighted by molar-refractivity contribution is -0.00291.